The number of nitrogens with zero attached hydrogens (tertiary/aromatic N) is 2. The summed E-state index contributed by atoms with van der Waals surface area (Å²) in [5, 5.41) is 9.25. The molecule has 1 amide bonds. The molecular formula is C9H4Br2F2N4O. The highest BCUT2D eigenvalue weighted by molar-refractivity contribution is 9.11. The molecule has 0 aliphatic heterocycles. The topological polar surface area (TPSA) is 84.7 Å². The summed E-state index contributed by atoms with van der Waals surface area (Å²) in [6.07, 6.45) is 0. The van der Waals surface area contributed by atoms with Gasteiger partial charge in [0.2, 0.25) is 0 Å². The van der Waals surface area contributed by atoms with Crippen molar-refractivity contribution >= 4 is 37.8 Å². The highest BCUT2D eigenvalue weighted by Gasteiger charge is 2.24. The van der Waals surface area contributed by atoms with E-state index in [0.717, 1.165) is 6.07 Å². The van der Waals surface area contributed by atoms with Gasteiger partial charge in [-0.3, -0.25) is 4.79 Å². The molecule has 0 saturated carbocycles. The van der Waals surface area contributed by atoms with Crippen molar-refractivity contribution in [2.24, 2.45) is 5.73 Å². The minimum Gasteiger partial charge on any atom is -0.364 e. The van der Waals surface area contributed by atoms with Gasteiger partial charge in [0, 0.05) is 0 Å². The maximum Gasteiger partial charge on any atom is 0.271 e. The molecule has 3 N–H and O–H groups in total. The van der Waals surface area contributed by atoms with Crippen molar-refractivity contribution in [2.45, 2.75) is 0 Å². The van der Waals surface area contributed by atoms with Crippen molar-refractivity contribution in [3.63, 3.8) is 0 Å². The second kappa shape index (κ2) is 4.73. The minimum atomic E-state index is -0.895. The quantitative estimate of drug-likeness (QED) is 0.618. The van der Waals surface area contributed by atoms with Crippen LogP contribution in [0, 0.1) is 11.6 Å². The van der Waals surface area contributed by atoms with Gasteiger partial charge in [0.15, 0.2) is 11.5 Å². The molecule has 9 heteroatoms. The molecule has 1 aromatic carbocycles. The fraction of sp³-hybridized carbons (Fsp3) is 0. The van der Waals surface area contributed by atoms with Gasteiger partial charge in [-0.25, -0.2) is 8.78 Å². The van der Waals surface area contributed by atoms with Gasteiger partial charge < -0.3 is 5.73 Å². The molecule has 0 unspecified atom stereocenters. The normalized spacial score (nSPS) is 10.7. The molecule has 0 radical (unpaired) electrons. The third-order valence-corrected chi connectivity index (χ3v) is 3.45. The van der Waals surface area contributed by atoms with Gasteiger partial charge in [-0.05, 0) is 37.9 Å². The maximum absolute atomic E-state index is 13.8. The Labute approximate surface area is 116 Å². The fourth-order valence-corrected chi connectivity index (χ4v) is 2.62. The number of carbonyl (C=O) groups is 1. The maximum atomic E-state index is 13.8. The number of aromatic amines is 1. The van der Waals surface area contributed by atoms with Crippen LogP contribution in [0.3, 0.4) is 0 Å². The number of nitrogens with two attached hydrogens (primary N) is 1. The largest absolute Gasteiger partial charge is 0.364 e. The molecule has 5 nitrogen and oxygen atoms in total. The molecule has 0 bridgehead atoms. The summed E-state index contributed by atoms with van der Waals surface area (Å²) in [6, 6.07) is 0.925. The van der Waals surface area contributed by atoms with Gasteiger partial charge in [-0.2, -0.15) is 15.4 Å². The number of carbonyl (C=O) groups excluding carboxylic acids is 1. The van der Waals surface area contributed by atoms with Crippen LogP contribution in [0.5, 0.6) is 0 Å². The number of benzene rings is 1. The molecule has 0 aliphatic carbocycles. The van der Waals surface area contributed by atoms with Crippen LogP contribution in [0.1, 0.15) is 10.5 Å². The van der Waals surface area contributed by atoms with E-state index in [1.54, 1.807) is 0 Å². The Bertz CT molecular complexity index is 644. The summed E-state index contributed by atoms with van der Waals surface area (Å²) >= 11 is 5.77. The summed E-state index contributed by atoms with van der Waals surface area (Å²) in [7, 11) is 0. The van der Waals surface area contributed by atoms with Crippen molar-refractivity contribution in [2.75, 3.05) is 0 Å². The zero-order valence-electron chi connectivity index (χ0n) is 8.47. The molecule has 1 aromatic heterocycles. The first-order valence-corrected chi connectivity index (χ1v) is 6.06. The number of aromatic nitrogens is 3. The van der Waals surface area contributed by atoms with Gasteiger partial charge in [0.1, 0.15) is 11.5 Å². The minimum absolute atomic E-state index is 0.0558. The van der Waals surface area contributed by atoms with E-state index in [1.807, 2.05) is 0 Å². The van der Waals surface area contributed by atoms with Crippen molar-refractivity contribution in [1.29, 1.82) is 0 Å². The standard InChI is InChI=1S/C9H4Br2F2N4O/c10-2-1-3(12)4(5(11)6(2)13)7-8(9(14)18)16-17-15-7/h1H,(H2,14,18)(H,15,16,17). The number of amides is 1. The van der Waals surface area contributed by atoms with Gasteiger partial charge in [-0.15, -0.1) is 0 Å². The number of nitrogens with one attached hydrogen (secondary N) is 1. The highest BCUT2D eigenvalue weighted by Crippen LogP contribution is 2.36. The third-order valence-electron chi connectivity index (χ3n) is 2.13. The van der Waals surface area contributed by atoms with Crippen molar-refractivity contribution in [3.05, 3.63) is 32.3 Å². The molecule has 2 rings (SSSR count). The van der Waals surface area contributed by atoms with E-state index >= 15 is 0 Å². The van der Waals surface area contributed by atoms with Gasteiger partial charge in [0.25, 0.3) is 5.91 Å². The van der Waals surface area contributed by atoms with Crippen molar-refractivity contribution in [1.82, 2.24) is 15.4 Å². The highest BCUT2D eigenvalue weighted by atomic mass is 79.9. The first kappa shape index (κ1) is 13.1. The summed E-state index contributed by atoms with van der Waals surface area (Å²) in [4.78, 5) is 11.1. The Morgan fingerprint density at radius 1 is 1.33 bits per heavy atom. The second-order valence-corrected chi connectivity index (χ2v) is 4.88. The van der Waals surface area contributed by atoms with Crippen LogP contribution < -0.4 is 5.73 Å². The molecular weight excluding hydrogens is 378 g/mol. The van der Waals surface area contributed by atoms with E-state index in [2.05, 4.69) is 47.3 Å². The van der Waals surface area contributed by atoms with Crippen LogP contribution in [0.2, 0.25) is 0 Å². The molecule has 0 atom stereocenters. The number of primary amides is 1. The monoisotopic (exact) mass is 380 g/mol. The van der Waals surface area contributed by atoms with Crippen molar-refractivity contribution < 1.29 is 13.6 Å². The Hall–Kier alpha value is -1.35. The van der Waals surface area contributed by atoms with E-state index in [4.69, 9.17) is 5.73 Å². The molecule has 0 fully saturated rings. The number of halogens is 4. The van der Waals surface area contributed by atoms with Crippen LogP contribution in [0.4, 0.5) is 8.78 Å². The number of H-pyrrole nitrogens is 1. The van der Waals surface area contributed by atoms with E-state index in [-0.39, 0.29) is 25.9 Å². The van der Waals surface area contributed by atoms with Crippen LogP contribution in [-0.2, 0) is 0 Å². The predicted molar refractivity (Wildman–Crippen MR) is 65.7 cm³/mol. The molecule has 0 spiro atoms. The third kappa shape index (κ3) is 2.03. The van der Waals surface area contributed by atoms with E-state index in [0.29, 0.717) is 0 Å². The van der Waals surface area contributed by atoms with Gasteiger partial charge in [-0.1, -0.05) is 0 Å². The van der Waals surface area contributed by atoms with Crippen LogP contribution in [0.25, 0.3) is 11.3 Å². The Morgan fingerprint density at radius 3 is 2.61 bits per heavy atom. The number of rotatable bonds is 2. The molecule has 18 heavy (non-hydrogen) atoms. The second-order valence-electron chi connectivity index (χ2n) is 3.23. The smallest absolute Gasteiger partial charge is 0.271 e. The number of hydrogen-bond acceptors (Lipinski definition) is 3. The lowest BCUT2D eigenvalue weighted by molar-refractivity contribution is 0.0996. The zero-order chi connectivity index (χ0) is 13.4. The lowest BCUT2D eigenvalue weighted by Gasteiger charge is -2.06. The van der Waals surface area contributed by atoms with E-state index in [9.17, 15) is 13.6 Å². The summed E-state index contributed by atoms with van der Waals surface area (Å²) in [5.74, 6) is -2.38. The van der Waals surface area contributed by atoms with Crippen LogP contribution >= 0.6 is 31.9 Å². The molecule has 1 heterocycles. The Kier molecular flexibility index (Phi) is 3.44. The first-order valence-electron chi connectivity index (χ1n) is 4.47. The molecule has 0 saturated heterocycles. The van der Waals surface area contributed by atoms with E-state index < -0.39 is 17.5 Å². The fourth-order valence-electron chi connectivity index (χ4n) is 1.36. The lowest BCUT2D eigenvalue weighted by atomic mass is 10.1. The zero-order valence-corrected chi connectivity index (χ0v) is 11.6. The average Bonchev–Trinajstić information content (AvgIpc) is 2.75. The summed E-state index contributed by atoms with van der Waals surface area (Å²) in [6.45, 7) is 0. The van der Waals surface area contributed by atoms with Gasteiger partial charge in [0.05, 0.1) is 14.5 Å². The molecule has 2 aromatic rings. The summed E-state index contributed by atoms with van der Waals surface area (Å²) in [5.41, 5.74) is 4.42. The lowest BCUT2D eigenvalue weighted by Crippen LogP contribution is -2.13. The summed E-state index contributed by atoms with van der Waals surface area (Å²) < 4.78 is 27.3. The first-order chi connectivity index (χ1) is 8.43. The Morgan fingerprint density at radius 2 is 2.00 bits per heavy atom. The average molecular weight is 382 g/mol. The van der Waals surface area contributed by atoms with Crippen LogP contribution in [0.15, 0.2) is 15.0 Å². The van der Waals surface area contributed by atoms with Gasteiger partial charge >= 0.3 is 0 Å². The van der Waals surface area contributed by atoms with Crippen molar-refractivity contribution in [3.8, 4) is 11.3 Å². The predicted octanol–water partition coefficient (Wildman–Crippen LogP) is 2.37. The van der Waals surface area contributed by atoms with Crippen LogP contribution in [-0.4, -0.2) is 21.3 Å². The molecule has 94 valence electrons. The molecule has 0 aliphatic rings. The van der Waals surface area contributed by atoms with E-state index in [1.165, 1.54) is 0 Å². The SMILES string of the molecule is NC(=O)c1n[nH]nc1-c1c(F)cc(Br)c(F)c1Br. The Balaban J connectivity index is 2.75. The number of hydrogen-bond donors (Lipinski definition) is 2.